The Morgan fingerprint density at radius 1 is 1.13 bits per heavy atom. The summed E-state index contributed by atoms with van der Waals surface area (Å²) >= 11 is 0. The highest BCUT2D eigenvalue weighted by atomic mass is 127. The third-order valence-electron chi connectivity index (χ3n) is 6.10. The number of hydrogen-bond donors (Lipinski definition) is 2. The van der Waals surface area contributed by atoms with E-state index >= 15 is 0 Å². The first kappa shape index (κ1) is 25.4. The lowest BCUT2D eigenvalue weighted by atomic mass is 9.88. The number of halogens is 1. The van der Waals surface area contributed by atoms with Gasteiger partial charge in [-0.3, -0.25) is 9.79 Å². The Hall–Kier alpha value is -1.84. The van der Waals surface area contributed by atoms with Crippen molar-refractivity contribution in [2.75, 3.05) is 33.8 Å². The van der Waals surface area contributed by atoms with Gasteiger partial charge in [-0.15, -0.1) is 24.0 Å². The molecule has 1 unspecified atom stereocenters. The molecule has 1 aromatic rings. The molecule has 31 heavy (non-hydrogen) atoms. The maximum absolute atomic E-state index is 12.7. The van der Waals surface area contributed by atoms with E-state index < -0.39 is 0 Å². The highest BCUT2D eigenvalue weighted by molar-refractivity contribution is 14.0. The molecule has 1 amide bonds. The fraction of sp³-hybridized carbons (Fsp3) is 0.609. The van der Waals surface area contributed by atoms with Gasteiger partial charge in [0.2, 0.25) is 5.91 Å². The summed E-state index contributed by atoms with van der Waals surface area (Å²) in [6.07, 6.45) is 7.52. The van der Waals surface area contributed by atoms with Crippen LogP contribution < -0.4 is 10.6 Å². The number of rotatable bonds is 6. The molecule has 7 nitrogen and oxygen atoms in total. The molecule has 2 fully saturated rings. The van der Waals surface area contributed by atoms with Gasteiger partial charge in [-0.1, -0.05) is 31.4 Å². The Morgan fingerprint density at radius 2 is 1.84 bits per heavy atom. The van der Waals surface area contributed by atoms with Crippen molar-refractivity contribution >= 4 is 41.8 Å². The van der Waals surface area contributed by atoms with Crippen molar-refractivity contribution in [3.63, 3.8) is 0 Å². The topological polar surface area (TPSA) is 83.0 Å². The normalized spacial score (nSPS) is 19.5. The predicted molar refractivity (Wildman–Crippen MR) is 133 cm³/mol. The molecular weight excluding hydrogens is 507 g/mol. The molecular formula is C23H35IN4O3. The van der Waals surface area contributed by atoms with E-state index in [0.29, 0.717) is 11.5 Å². The van der Waals surface area contributed by atoms with E-state index in [9.17, 15) is 9.59 Å². The van der Waals surface area contributed by atoms with Gasteiger partial charge in [0.1, 0.15) is 0 Å². The van der Waals surface area contributed by atoms with Gasteiger partial charge >= 0.3 is 5.97 Å². The summed E-state index contributed by atoms with van der Waals surface area (Å²) in [5, 5.41) is 6.80. The molecule has 1 aliphatic carbocycles. The van der Waals surface area contributed by atoms with Crippen molar-refractivity contribution in [2.45, 2.75) is 51.0 Å². The molecule has 1 aromatic carbocycles. The van der Waals surface area contributed by atoms with Gasteiger partial charge in [-0.2, -0.15) is 0 Å². The lowest BCUT2D eigenvalue weighted by Gasteiger charge is -2.26. The molecule has 1 saturated carbocycles. The Kier molecular flexibility index (Phi) is 10.6. The Bertz CT molecular complexity index is 748. The first-order valence-corrected chi connectivity index (χ1v) is 11.0. The van der Waals surface area contributed by atoms with Crippen molar-refractivity contribution in [3.05, 3.63) is 35.4 Å². The van der Waals surface area contributed by atoms with E-state index in [1.165, 1.54) is 26.4 Å². The summed E-state index contributed by atoms with van der Waals surface area (Å²) in [5.41, 5.74) is 1.69. The van der Waals surface area contributed by atoms with Crippen molar-refractivity contribution in [3.8, 4) is 0 Å². The molecule has 1 aliphatic heterocycles. The lowest BCUT2D eigenvalue weighted by Crippen LogP contribution is -2.46. The zero-order chi connectivity index (χ0) is 21.3. The van der Waals surface area contributed by atoms with Crippen LogP contribution in [-0.2, 0) is 16.0 Å². The van der Waals surface area contributed by atoms with Crippen molar-refractivity contribution in [1.29, 1.82) is 0 Å². The highest BCUT2D eigenvalue weighted by Gasteiger charge is 2.31. The average Bonchev–Trinajstić information content (AvgIpc) is 3.27. The van der Waals surface area contributed by atoms with Crippen LogP contribution in [0.25, 0.3) is 0 Å². The van der Waals surface area contributed by atoms with Gasteiger partial charge in [-0.25, -0.2) is 4.79 Å². The highest BCUT2D eigenvalue weighted by Crippen LogP contribution is 2.26. The standard InChI is InChI=1S/C23H34N4O3.HI/c1-24-23(25-14-12-17-8-10-19(11-9-17)22(29)30-2)26-20-13-15-27(16-20)21(28)18-6-4-3-5-7-18;/h8-11,18,20H,3-7,12-16H2,1-2H3,(H2,24,25,26);1H. The molecule has 8 heteroatoms. The number of likely N-dealkylation sites (tertiary alicyclic amines) is 1. The van der Waals surface area contributed by atoms with Gasteiger partial charge in [0.05, 0.1) is 12.7 Å². The van der Waals surface area contributed by atoms with Crippen LogP contribution >= 0.6 is 24.0 Å². The van der Waals surface area contributed by atoms with Crippen LogP contribution in [0.3, 0.4) is 0 Å². The van der Waals surface area contributed by atoms with Crippen LogP contribution in [0.1, 0.15) is 54.4 Å². The van der Waals surface area contributed by atoms with E-state index in [-0.39, 0.29) is 41.9 Å². The minimum Gasteiger partial charge on any atom is -0.465 e. The summed E-state index contributed by atoms with van der Waals surface area (Å²) in [5.74, 6) is 1.02. The van der Waals surface area contributed by atoms with Crippen LogP contribution in [0.2, 0.25) is 0 Å². The average molecular weight is 542 g/mol. The number of ether oxygens (including phenoxy) is 1. The lowest BCUT2D eigenvalue weighted by molar-refractivity contribution is -0.135. The van der Waals surface area contributed by atoms with Crippen LogP contribution in [-0.4, -0.2) is 62.6 Å². The maximum atomic E-state index is 12.7. The van der Waals surface area contributed by atoms with Gasteiger partial charge < -0.3 is 20.3 Å². The van der Waals surface area contributed by atoms with E-state index in [0.717, 1.165) is 56.8 Å². The third kappa shape index (κ3) is 7.36. The SMILES string of the molecule is CN=C(NCCc1ccc(C(=O)OC)cc1)NC1CCN(C(=O)C2CCCCC2)C1.I. The van der Waals surface area contributed by atoms with Crippen LogP contribution in [0.4, 0.5) is 0 Å². The van der Waals surface area contributed by atoms with Crippen LogP contribution in [0.15, 0.2) is 29.3 Å². The van der Waals surface area contributed by atoms with E-state index in [1.807, 2.05) is 17.0 Å². The number of guanidine groups is 1. The molecule has 0 spiro atoms. The monoisotopic (exact) mass is 542 g/mol. The zero-order valence-corrected chi connectivity index (χ0v) is 20.9. The number of methoxy groups -OCH3 is 1. The number of carbonyl (C=O) groups is 2. The molecule has 3 rings (SSSR count). The minimum atomic E-state index is -0.322. The van der Waals surface area contributed by atoms with E-state index in [4.69, 9.17) is 4.74 Å². The zero-order valence-electron chi connectivity index (χ0n) is 18.6. The summed E-state index contributed by atoms with van der Waals surface area (Å²) in [6.45, 7) is 2.32. The van der Waals surface area contributed by atoms with Gasteiger partial charge in [0, 0.05) is 38.6 Å². The van der Waals surface area contributed by atoms with Gasteiger partial charge in [0.25, 0.3) is 0 Å². The number of nitrogens with one attached hydrogen (secondary N) is 2. The van der Waals surface area contributed by atoms with Crippen LogP contribution in [0, 0.1) is 5.92 Å². The second kappa shape index (κ2) is 12.9. The Labute approximate surface area is 202 Å². The number of benzene rings is 1. The van der Waals surface area contributed by atoms with Crippen molar-refractivity contribution < 1.29 is 14.3 Å². The number of aliphatic imine (C=N–C) groups is 1. The summed E-state index contributed by atoms with van der Waals surface area (Å²) in [4.78, 5) is 30.6. The van der Waals surface area contributed by atoms with Gasteiger partial charge in [0.15, 0.2) is 5.96 Å². The predicted octanol–water partition coefficient (Wildman–Crippen LogP) is 2.98. The van der Waals surface area contributed by atoms with Crippen LogP contribution in [0.5, 0.6) is 0 Å². The molecule has 1 saturated heterocycles. The summed E-state index contributed by atoms with van der Waals surface area (Å²) < 4.78 is 4.72. The molecule has 0 aromatic heterocycles. The van der Waals surface area contributed by atoms with E-state index in [1.54, 1.807) is 19.2 Å². The molecule has 1 heterocycles. The fourth-order valence-electron chi connectivity index (χ4n) is 4.32. The molecule has 2 N–H and O–H groups in total. The molecule has 2 aliphatic rings. The second-order valence-corrected chi connectivity index (χ2v) is 8.19. The smallest absolute Gasteiger partial charge is 0.337 e. The number of esters is 1. The number of hydrogen-bond acceptors (Lipinski definition) is 4. The first-order chi connectivity index (χ1) is 14.6. The molecule has 1 atom stereocenters. The molecule has 0 radical (unpaired) electrons. The number of nitrogens with zero attached hydrogens (tertiary/aromatic N) is 2. The minimum absolute atomic E-state index is 0. The summed E-state index contributed by atoms with van der Waals surface area (Å²) in [6, 6.07) is 7.68. The molecule has 172 valence electrons. The number of amides is 1. The van der Waals surface area contributed by atoms with Gasteiger partial charge in [-0.05, 0) is 43.4 Å². The summed E-state index contributed by atoms with van der Waals surface area (Å²) in [7, 11) is 3.15. The third-order valence-corrected chi connectivity index (χ3v) is 6.10. The fourth-order valence-corrected chi connectivity index (χ4v) is 4.32. The molecule has 0 bridgehead atoms. The van der Waals surface area contributed by atoms with Crippen molar-refractivity contribution in [2.24, 2.45) is 10.9 Å². The van der Waals surface area contributed by atoms with E-state index in [2.05, 4.69) is 15.6 Å². The Balaban J connectivity index is 0.00000341. The number of carbonyl (C=O) groups excluding carboxylic acids is 2. The quantitative estimate of drug-likeness (QED) is 0.250. The Morgan fingerprint density at radius 3 is 2.48 bits per heavy atom. The first-order valence-electron chi connectivity index (χ1n) is 11.0. The van der Waals surface area contributed by atoms with Crippen molar-refractivity contribution in [1.82, 2.24) is 15.5 Å². The maximum Gasteiger partial charge on any atom is 0.337 e. The second-order valence-electron chi connectivity index (χ2n) is 8.19. The largest absolute Gasteiger partial charge is 0.465 e.